The van der Waals surface area contributed by atoms with E-state index < -0.39 is 0 Å². The molecular weight excluding hydrogens is 358 g/mol. The third kappa shape index (κ3) is 4.84. The maximum Gasteiger partial charge on any atom is 0.224 e. The molecule has 1 aromatic carbocycles. The molecule has 2 aliphatic rings. The average molecular weight is 385 g/mol. The van der Waals surface area contributed by atoms with E-state index in [2.05, 4.69) is 15.4 Å². The van der Waals surface area contributed by atoms with Crippen molar-refractivity contribution >= 4 is 11.6 Å². The van der Waals surface area contributed by atoms with Crippen LogP contribution in [0.1, 0.15) is 37.1 Å². The van der Waals surface area contributed by atoms with Gasteiger partial charge in [-0.05, 0) is 57.3 Å². The number of carbonyl (C=O) groups is 1. The second-order valence-corrected chi connectivity index (χ2v) is 7.60. The molecular formula is C21H27N3O4. The lowest BCUT2D eigenvalue weighted by Gasteiger charge is -2.31. The van der Waals surface area contributed by atoms with Gasteiger partial charge in [-0.1, -0.05) is 5.16 Å². The zero-order chi connectivity index (χ0) is 19.3. The summed E-state index contributed by atoms with van der Waals surface area (Å²) in [7, 11) is 0. The standard InChI is InChI=1S/C21H27N3O4/c1-15-12-18(28-23-15)14-24-8-6-16(7-9-24)2-5-21(25)22-17-3-4-19-20(13-17)27-11-10-26-19/h3-4,12-13,16H,2,5-11,14H2,1H3,(H,22,25). The van der Waals surface area contributed by atoms with Gasteiger partial charge in [0.2, 0.25) is 5.91 Å². The lowest BCUT2D eigenvalue weighted by atomic mass is 9.92. The first-order chi connectivity index (χ1) is 13.7. The number of aromatic nitrogens is 1. The molecule has 0 bridgehead atoms. The summed E-state index contributed by atoms with van der Waals surface area (Å²) in [6, 6.07) is 7.52. The van der Waals surface area contributed by atoms with Gasteiger partial charge in [0.15, 0.2) is 17.3 Å². The Morgan fingerprint density at radius 2 is 1.96 bits per heavy atom. The molecule has 150 valence electrons. The van der Waals surface area contributed by atoms with Crippen LogP contribution in [-0.2, 0) is 11.3 Å². The van der Waals surface area contributed by atoms with Crippen molar-refractivity contribution in [2.24, 2.45) is 5.92 Å². The van der Waals surface area contributed by atoms with Crippen LogP contribution < -0.4 is 14.8 Å². The quantitative estimate of drug-likeness (QED) is 0.821. The Morgan fingerprint density at radius 1 is 1.18 bits per heavy atom. The number of hydrogen-bond acceptors (Lipinski definition) is 6. The zero-order valence-corrected chi connectivity index (χ0v) is 16.3. The van der Waals surface area contributed by atoms with E-state index in [0.717, 1.165) is 61.8 Å². The normalized spacial score (nSPS) is 17.5. The van der Waals surface area contributed by atoms with Crippen LogP contribution in [0.3, 0.4) is 0 Å². The highest BCUT2D eigenvalue weighted by Crippen LogP contribution is 2.32. The molecule has 1 fully saturated rings. The number of aryl methyl sites for hydroxylation is 1. The highest BCUT2D eigenvalue weighted by molar-refractivity contribution is 5.91. The van der Waals surface area contributed by atoms with E-state index in [4.69, 9.17) is 14.0 Å². The number of benzene rings is 1. The number of nitrogens with one attached hydrogen (secondary N) is 1. The van der Waals surface area contributed by atoms with Crippen LogP contribution >= 0.6 is 0 Å². The largest absolute Gasteiger partial charge is 0.486 e. The highest BCUT2D eigenvalue weighted by atomic mass is 16.6. The van der Waals surface area contributed by atoms with Gasteiger partial charge < -0.3 is 19.3 Å². The Morgan fingerprint density at radius 3 is 2.71 bits per heavy atom. The lowest BCUT2D eigenvalue weighted by Crippen LogP contribution is -2.33. The molecule has 2 aromatic rings. The van der Waals surface area contributed by atoms with Gasteiger partial charge in [0.25, 0.3) is 0 Å². The SMILES string of the molecule is Cc1cc(CN2CCC(CCC(=O)Nc3ccc4c(c3)OCCO4)CC2)on1. The molecule has 1 aromatic heterocycles. The minimum absolute atomic E-state index is 0.0521. The van der Waals surface area contributed by atoms with Crippen LogP contribution in [0.4, 0.5) is 5.69 Å². The van der Waals surface area contributed by atoms with Crippen LogP contribution in [0.5, 0.6) is 11.5 Å². The number of nitrogens with zero attached hydrogens (tertiary/aromatic N) is 2. The van der Waals surface area contributed by atoms with Crippen LogP contribution in [0.15, 0.2) is 28.8 Å². The first kappa shape index (κ1) is 18.8. The maximum absolute atomic E-state index is 12.3. The molecule has 7 nitrogen and oxygen atoms in total. The first-order valence-corrected chi connectivity index (χ1v) is 10.00. The summed E-state index contributed by atoms with van der Waals surface area (Å²) >= 11 is 0. The van der Waals surface area contributed by atoms with E-state index >= 15 is 0 Å². The fourth-order valence-corrected chi connectivity index (χ4v) is 3.82. The van der Waals surface area contributed by atoms with E-state index in [1.54, 1.807) is 0 Å². The molecule has 1 saturated heterocycles. The number of hydrogen-bond donors (Lipinski definition) is 1. The minimum atomic E-state index is 0.0521. The van der Waals surface area contributed by atoms with E-state index in [-0.39, 0.29) is 5.91 Å². The summed E-state index contributed by atoms with van der Waals surface area (Å²) in [5.41, 5.74) is 1.68. The Hall–Kier alpha value is -2.54. The highest BCUT2D eigenvalue weighted by Gasteiger charge is 2.21. The summed E-state index contributed by atoms with van der Waals surface area (Å²) < 4.78 is 16.4. The van der Waals surface area contributed by atoms with Gasteiger partial charge in [0.1, 0.15) is 13.2 Å². The third-order valence-electron chi connectivity index (χ3n) is 5.37. The molecule has 0 atom stereocenters. The molecule has 0 unspecified atom stereocenters. The Kier molecular flexibility index (Phi) is 5.81. The van der Waals surface area contributed by atoms with Crippen molar-refractivity contribution in [1.29, 1.82) is 0 Å². The van der Waals surface area contributed by atoms with E-state index in [1.165, 1.54) is 0 Å². The fraction of sp³-hybridized carbons (Fsp3) is 0.524. The monoisotopic (exact) mass is 385 g/mol. The molecule has 1 amide bonds. The van der Waals surface area contributed by atoms with Crippen molar-refractivity contribution in [2.45, 2.75) is 39.2 Å². The first-order valence-electron chi connectivity index (χ1n) is 10.00. The topological polar surface area (TPSA) is 76.8 Å². The number of rotatable bonds is 6. The van der Waals surface area contributed by atoms with Gasteiger partial charge >= 0.3 is 0 Å². The van der Waals surface area contributed by atoms with Crippen molar-refractivity contribution in [2.75, 3.05) is 31.6 Å². The molecule has 28 heavy (non-hydrogen) atoms. The van der Waals surface area contributed by atoms with Crippen LogP contribution in [-0.4, -0.2) is 42.3 Å². The molecule has 1 N–H and O–H groups in total. The molecule has 0 spiro atoms. The molecule has 2 aliphatic heterocycles. The predicted molar refractivity (Wildman–Crippen MR) is 105 cm³/mol. The van der Waals surface area contributed by atoms with E-state index in [0.29, 0.717) is 31.3 Å². The Bertz CT molecular complexity index is 812. The summed E-state index contributed by atoms with van der Waals surface area (Å²) in [6.45, 7) is 5.94. The number of fused-ring (bicyclic) bond motifs is 1. The lowest BCUT2D eigenvalue weighted by molar-refractivity contribution is -0.116. The number of carbonyl (C=O) groups excluding carboxylic acids is 1. The van der Waals surface area contributed by atoms with Gasteiger partial charge in [-0.25, -0.2) is 0 Å². The maximum atomic E-state index is 12.3. The number of piperidine rings is 1. The van der Waals surface area contributed by atoms with Gasteiger partial charge in [0.05, 0.1) is 12.2 Å². The van der Waals surface area contributed by atoms with Crippen molar-refractivity contribution in [3.63, 3.8) is 0 Å². The summed E-state index contributed by atoms with van der Waals surface area (Å²) in [6.07, 6.45) is 3.70. The molecule has 7 heteroatoms. The minimum Gasteiger partial charge on any atom is -0.486 e. The molecule has 4 rings (SSSR count). The summed E-state index contributed by atoms with van der Waals surface area (Å²) in [5, 5.41) is 6.91. The van der Waals surface area contributed by atoms with Gasteiger partial charge in [0, 0.05) is 24.2 Å². The second kappa shape index (κ2) is 8.65. The average Bonchev–Trinajstić information content (AvgIpc) is 3.12. The van der Waals surface area contributed by atoms with E-state index in [1.807, 2.05) is 31.2 Å². The van der Waals surface area contributed by atoms with Crippen molar-refractivity contribution in [3.8, 4) is 11.5 Å². The van der Waals surface area contributed by atoms with Crippen molar-refractivity contribution in [3.05, 3.63) is 35.7 Å². The van der Waals surface area contributed by atoms with Crippen LogP contribution in [0, 0.1) is 12.8 Å². The molecule has 0 radical (unpaired) electrons. The van der Waals surface area contributed by atoms with Crippen LogP contribution in [0.2, 0.25) is 0 Å². The van der Waals surface area contributed by atoms with Crippen molar-refractivity contribution in [1.82, 2.24) is 10.1 Å². The third-order valence-corrected chi connectivity index (χ3v) is 5.37. The fourth-order valence-electron chi connectivity index (χ4n) is 3.82. The molecule has 3 heterocycles. The Labute approximate surface area is 165 Å². The predicted octanol–water partition coefficient (Wildman–Crippen LogP) is 3.39. The molecule has 0 saturated carbocycles. The van der Waals surface area contributed by atoms with Crippen molar-refractivity contribution < 1.29 is 18.8 Å². The summed E-state index contributed by atoms with van der Waals surface area (Å²) in [5.74, 6) is 3.00. The Balaban J connectivity index is 1.18. The zero-order valence-electron chi connectivity index (χ0n) is 16.3. The van der Waals surface area contributed by atoms with Gasteiger partial charge in [-0.2, -0.15) is 0 Å². The number of anilines is 1. The smallest absolute Gasteiger partial charge is 0.224 e. The van der Waals surface area contributed by atoms with Gasteiger partial charge in [-0.15, -0.1) is 0 Å². The second-order valence-electron chi connectivity index (χ2n) is 7.60. The number of likely N-dealkylation sites (tertiary alicyclic amines) is 1. The van der Waals surface area contributed by atoms with Gasteiger partial charge in [-0.3, -0.25) is 9.69 Å². The van der Waals surface area contributed by atoms with E-state index in [9.17, 15) is 4.79 Å². The number of amides is 1. The van der Waals surface area contributed by atoms with Crippen LogP contribution in [0.25, 0.3) is 0 Å². The molecule has 0 aliphatic carbocycles. The number of ether oxygens (including phenoxy) is 2. The summed E-state index contributed by atoms with van der Waals surface area (Å²) in [4.78, 5) is 14.7.